The predicted molar refractivity (Wildman–Crippen MR) is 77.0 cm³/mol. The molecule has 3 rings (SSSR count). The van der Waals surface area contributed by atoms with Gasteiger partial charge in [-0.15, -0.1) is 0 Å². The van der Waals surface area contributed by atoms with Gasteiger partial charge in [-0.1, -0.05) is 6.07 Å². The summed E-state index contributed by atoms with van der Waals surface area (Å²) >= 11 is 0. The van der Waals surface area contributed by atoms with Crippen LogP contribution in [0.15, 0.2) is 43.0 Å². The Morgan fingerprint density at radius 2 is 2.21 bits per heavy atom. The molecule has 2 N–H and O–H groups in total. The first-order chi connectivity index (χ1) is 9.15. The molecule has 0 aliphatic heterocycles. The number of rotatable bonds is 3. The van der Waals surface area contributed by atoms with Crippen LogP contribution >= 0.6 is 0 Å². The van der Waals surface area contributed by atoms with Crippen molar-refractivity contribution < 1.29 is 0 Å². The van der Waals surface area contributed by atoms with E-state index in [2.05, 4.69) is 40.8 Å². The van der Waals surface area contributed by atoms with Crippen LogP contribution < -0.4 is 5.73 Å². The average Bonchev–Trinajstić information content (AvgIpc) is 2.91. The minimum Gasteiger partial charge on any atom is -0.335 e. The summed E-state index contributed by atoms with van der Waals surface area (Å²) in [7, 11) is 0. The molecule has 3 aromatic heterocycles. The van der Waals surface area contributed by atoms with Gasteiger partial charge in [-0.3, -0.25) is 0 Å². The monoisotopic (exact) mass is 254 g/mol. The van der Waals surface area contributed by atoms with Gasteiger partial charge in [0.05, 0.1) is 12.0 Å². The Labute approximate surface area is 112 Å². The van der Waals surface area contributed by atoms with Crippen molar-refractivity contribution in [1.82, 2.24) is 14.0 Å². The molecule has 1 atom stereocenters. The van der Waals surface area contributed by atoms with E-state index >= 15 is 0 Å². The van der Waals surface area contributed by atoms with E-state index in [0.29, 0.717) is 0 Å². The highest BCUT2D eigenvalue weighted by molar-refractivity contribution is 5.68. The molecule has 4 heteroatoms. The summed E-state index contributed by atoms with van der Waals surface area (Å²) in [5.41, 5.74) is 10.4. The van der Waals surface area contributed by atoms with Crippen LogP contribution in [0.25, 0.3) is 16.9 Å². The molecule has 0 aliphatic carbocycles. The van der Waals surface area contributed by atoms with Crippen LogP contribution in [0, 0.1) is 6.92 Å². The molecule has 0 aliphatic rings. The zero-order valence-electron chi connectivity index (χ0n) is 11.2. The number of nitrogens with zero attached hydrogens (tertiary/aromatic N) is 3. The van der Waals surface area contributed by atoms with Gasteiger partial charge in [0.15, 0.2) is 0 Å². The number of pyridine rings is 1. The summed E-state index contributed by atoms with van der Waals surface area (Å²) in [6.07, 6.45) is 5.98. The van der Waals surface area contributed by atoms with Gasteiger partial charge in [0.1, 0.15) is 5.69 Å². The second-order valence-corrected chi connectivity index (χ2v) is 5.10. The summed E-state index contributed by atoms with van der Waals surface area (Å²) in [4.78, 5) is 4.51. The fraction of sp³-hybridized carbons (Fsp3) is 0.267. The van der Waals surface area contributed by atoms with Crippen LogP contribution in [-0.2, 0) is 6.54 Å². The first-order valence-corrected chi connectivity index (χ1v) is 6.49. The smallest absolute Gasteiger partial charge is 0.105 e. The minimum absolute atomic E-state index is 0.132. The number of aromatic nitrogens is 3. The van der Waals surface area contributed by atoms with Crippen molar-refractivity contribution >= 4 is 5.52 Å². The lowest BCUT2D eigenvalue weighted by atomic mass is 10.2. The van der Waals surface area contributed by atoms with Gasteiger partial charge in [0.25, 0.3) is 0 Å². The lowest BCUT2D eigenvalue weighted by Gasteiger charge is -2.04. The molecular formula is C15H18N4. The minimum atomic E-state index is 0.132. The number of imidazole rings is 1. The molecule has 3 aromatic rings. The number of fused-ring (bicyclic) bond motifs is 1. The van der Waals surface area contributed by atoms with Crippen molar-refractivity contribution in [3.8, 4) is 11.4 Å². The molecule has 0 amide bonds. The maximum absolute atomic E-state index is 5.82. The zero-order chi connectivity index (χ0) is 13.4. The van der Waals surface area contributed by atoms with Gasteiger partial charge in [0.2, 0.25) is 0 Å². The van der Waals surface area contributed by atoms with E-state index in [1.807, 2.05) is 30.0 Å². The third kappa shape index (κ3) is 2.15. The van der Waals surface area contributed by atoms with Crippen molar-refractivity contribution in [1.29, 1.82) is 0 Å². The molecule has 19 heavy (non-hydrogen) atoms. The van der Waals surface area contributed by atoms with Gasteiger partial charge in [-0.05, 0) is 37.6 Å². The van der Waals surface area contributed by atoms with E-state index in [0.717, 1.165) is 17.9 Å². The van der Waals surface area contributed by atoms with Crippen LogP contribution in [0.1, 0.15) is 12.5 Å². The fourth-order valence-corrected chi connectivity index (χ4v) is 2.50. The van der Waals surface area contributed by atoms with Crippen LogP contribution in [0.5, 0.6) is 0 Å². The maximum Gasteiger partial charge on any atom is 0.105 e. The molecule has 4 nitrogen and oxygen atoms in total. The molecule has 0 aromatic carbocycles. The molecular weight excluding hydrogens is 236 g/mol. The first kappa shape index (κ1) is 12.0. The lowest BCUT2D eigenvalue weighted by Crippen LogP contribution is -2.21. The predicted octanol–water partition coefficient (Wildman–Crippen LogP) is 2.46. The number of hydrogen-bond donors (Lipinski definition) is 1. The topological polar surface area (TPSA) is 48.2 Å². The summed E-state index contributed by atoms with van der Waals surface area (Å²) in [5, 5.41) is 0. The van der Waals surface area contributed by atoms with E-state index in [1.165, 1.54) is 11.1 Å². The Morgan fingerprint density at radius 1 is 1.37 bits per heavy atom. The third-order valence-corrected chi connectivity index (χ3v) is 3.24. The number of hydrogen-bond acceptors (Lipinski definition) is 2. The second kappa shape index (κ2) is 4.55. The summed E-state index contributed by atoms with van der Waals surface area (Å²) in [5.74, 6) is 0. The van der Waals surface area contributed by atoms with E-state index in [1.54, 1.807) is 0 Å². The quantitative estimate of drug-likeness (QED) is 0.780. The van der Waals surface area contributed by atoms with Crippen molar-refractivity contribution in [3.05, 3.63) is 48.5 Å². The van der Waals surface area contributed by atoms with Crippen LogP contribution in [0.4, 0.5) is 0 Å². The highest BCUT2D eigenvalue weighted by Crippen LogP contribution is 2.25. The summed E-state index contributed by atoms with van der Waals surface area (Å²) < 4.78 is 4.22. The van der Waals surface area contributed by atoms with Crippen molar-refractivity contribution in [2.45, 2.75) is 26.4 Å². The summed E-state index contributed by atoms with van der Waals surface area (Å²) in [6, 6.07) is 8.50. The van der Waals surface area contributed by atoms with E-state index in [-0.39, 0.29) is 6.04 Å². The number of aryl methyl sites for hydroxylation is 1. The van der Waals surface area contributed by atoms with E-state index in [9.17, 15) is 0 Å². The van der Waals surface area contributed by atoms with Crippen molar-refractivity contribution in [3.63, 3.8) is 0 Å². The molecule has 3 heterocycles. The molecule has 98 valence electrons. The Kier molecular flexibility index (Phi) is 2.87. The molecule has 0 spiro atoms. The average molecular weight is 254 g/mol. The first-order valence-electron chi connectivity index (χ1n) is 6.49. The highest BCUT2D eigenvalue weighted by Gasteiger charge is 2.11. The Morgan fingerprint density at radius 3 is 3.00 bits per heavy atom. The Balaban J connectivity index is 2.08. The molecule has 0 saturated carbocycles. The molecule has 0 bridgehead atoms. The molecule has 0 radical (unpaired) electrons. The largest absolute Gasteiger partial charge is 0.335 e. The number of nitrogens with two attached hydrogens (primary N) is 1. The highest BCUT2D eigenvalue weighted by atomic mass is 15.1. The van der Waals surface area contributed by atoms with Crippen molar-refractivity contribution in [2.24, 2.45) is 5.73 Å². The molecule has 0 fully saturated rings. The van der Waals surface area contributed by atoms with Gasteiger partial charge >= 0.3 is 0 Å². The third-order valence-electron chi connectivity index (χ3n) is 3.24. The SMILES string of the molecule is Cc1cc2ccccn2c1-c1cn(CC(C)N)cn1. The second-order valence-electron chi connectivity index (χ2n) is 5.10. The Hall–Kier alpha value is -2.07. The normalized spacial score (nSPS) is 13.0. The molecule has 0 saturated heterocycles. The standard InChI is InChI=1S/C15H18N4/c1-11-7-13-5-3-4-6-19(13)15(11)14-9-18(10-17-14)8-12(2)16/h3-7,9-10,12H,8,16H2,1-2H3. The Bertz CT molecular complexity index is 706. The van der Waals surface area contributed by atoms with Gasteiger partial charge in [-0.2, -0.15) is 0 Å². The molecule has 1 unspecified atom stereocenters. The van der Waals surface area contributed by atoms with E-state index < -0.39 is 0 Å². The zero-order valence-corrected chi connectivity index (χ0v) is 11.2. The summed E-state index contributed by atoms with van der Waals surface area (Å²) in [6.45, 7) is 4.90. The lowest BCUT2D eigenvalue weighted by molar-refractivity contribution is 0.589. The fourth-order valence-electron chi connectivity index (χ4n) is 2.50. The van der Waals surface area contributed by atoms with Crippen LogP contribution in [-0.4, -0.2) is 20.0 Å². The van der Waals surface area contributed by atoms with E-state index in [4.69, 9.17) is 5.73 Å². The maximum atomic E-state index is 5.82. The van der Waals surface area contributed by atoms with Crippen molar-refractivity contribution in [2.75, 3.05) is 0 Å². The van der Waals surface area contributed by atoms with Gasteiger partial charge < -0.3 is 14.7 Å². The van der Waals surface area contributed by atoms with Gasteiger partial charge in [0, 0.05) is 30.5 Å². The van der Waals surface area contributed by atoms with Crippen LogP contribution in [0.2, 0.25) is 0 Å². The van der Waals surface area contributed by atoms with Gasteiger partial charge in [-0.25, -0.2) is 4.98 Å². The van der Waals surface area contributed by atoms with Crippen LogP contribution in [0.3, 0.4) is 0 Å².